The molecular weight excluding hydrogens is 348 g/mol. The highest BCUT2D eigenvalue weighted by molar-refractivity contribution is 5.90. The van der Waals surface area contributed by atoms with Crippen LogP contribution in [0.3, 0.4) is 0 Å². The molecular formula is C21H22O6. The maximum atomic E-state index is 13.1. The molecule has 0 saturated heterocycles. The van der Waals surface area contributed by atoms with Gasteiger partial charge in [0.1, 0.15) is 28.2 Å². The zero-order valence-electron chi connectivity index (χ0n) is 16.3. The highest BCUT2D eigenvalue weighted by Crippen LogP contribution is 2.38. The van der Waals surface area contributed by atoms with Gasteiger partial charge in [-0.25, -0.2) is 0 Å². The lowest BCUT2D eigenvalue weighted by Gasteiger charge is -2.15. The van der Waals surface area contributed by atoms with E-state index in [0.29, 0.717) is 50.9 Å². The standard InChI is InChI=1S/C21H22O6/c1-11-15(24-4)10-17(26-6)18-19(22)12(2)20(27-21(11)18)13-7-8-14(23-3)16(9-13)25-5/h7-10H,1-6H3. The van der Waals surface area contributed by atoms with Gasteiger partial charge in [0.05, 0.1) is 28.4 Å². The second-order valence-corrected chi connectivity index (χ2v) is 6.07. The van der Waals surface area contributed by atoms with Gasteiger partial charge in [-0.05, 0) is 32.0 Å². The maximum absolute atomic E-state index is 13.1. The molecule has 1 heterocycles. The molecule has 0 aliphatic heterocycles. The van der Waals surface area contributed by atoms with Crippen LogP contribution in [0.25, 0.3) is 22.3 Å². The molecule has 0 radical (unpaired) electrons. The van der Waals surface area contributed by atoms with E-state index in [4.69, 9.17) is 23.4 Å². The van der Waals surface area contributed by atoms with Crippen LogP contribution >= 0.6 is 0 Å². The lowest BCUT2D eigenvalue weighted by molar-refractivity contribution is 0.355. The Hall–Kier alpha value is -3.15. The monoisotopic (exact) mass is 370 g/mol. The zero-order chi connectivity index (χ0) is 19.7. The minimum atomic E-state index is -0.149. The predicted octanol–water partition coefficient (Wildman–Crippen LogP) is 4.11. The van der Waals surface area contributed by atoms with Crippen molar-refractivity contribution in [3.63, 3.8) is 0 Å². The van der Waals surface area contributed by atoms with E-state index in [9.17, 15) is 4.79 Å². The number of aryl methyl sites for hydroxylation is 1. The number of benzene rings is 2. The van der Waals surface area contributed by atoms with Crippen molar-refractivity contribution in [2.75, 3.05) is 28.4 Å². The molecule has 0 N–H and O–H groups in total. The summed E-state index contributed by atoms with van der Waals surface area (Å²) in [7, 11) is 6.21. The van der Waals surface area contributed by atoms with E-state index in [-0.39, 0.29) is 5.43 Å². The number of rotatable bonds is 5. The molecule has 0 amide bonds. The van der Waals surface area contributed by atoms with Gasteiger partial charge in [-0.3, -0.25) is 4.79 Å². The van der Waals surface area contributed by atoms with Gasteiger partial charge in [-0.1, -0.05) is 0 Å². The molecule has 0 atom stereocenters. The molecule has 0 aliphatic rings. The van der Waals surface area contributed by atoms with Crippen LogP contribution in [0.4, 0.5) is 0 Å². The lowest BCUT2D eigenvalue weighted by Crippen LogP contribution is -2.10. The van der Waals surface area contributed by atoms with Crippen molar-refractivity contribution in [1.29, 1.82) is 0 Å². The van der Waals surface area contributed by atoms with Crippen LogP contribution in [0.1, 0.15) is 11.1 Å². The van der Waals surface area contributed by atoms with Crippen molar-refractivity contribution in [3.8, 4) is 34.3 Å². The van der Waals surface area contributed by atoms with E-state index >= 15 is 0 Å². The third-order valence-electron chi connectivity index (χ3n) is 4.64. The molecule has 1 aromatic heterocycles. The van der Waals surface area contributed by atoms with Crippen LogP contribution in [0.5, 0.6) is 23.0 Å². The molecule has 3 rings (SSSR count). The summed E-state index contributed by atoms with van der Waals surface area (Å²) in [5.41, 5.74) is 2.21. The van der Waals surface area contributed by atoms with Gasteiger partial charge in [-0.2, -0.15) is 0 Å². The van der Waals surface area contributed by atoms with Gasteiger partial charge in [0, 0.05) is 22.8 Å². The first-order chi connectivity index (χ1) is 13.0. The summed E-state index contributed by atoms with van der Waals surface area (Å²) < 4.78 is 27.6. The fourth-order valence-corrected chi connectivity index (χ4v) is 3.15. The van der Waals surface area contributed by atoms with Gasteiger partial charge in [0.25, 0.3) is 0 Å². The topological polar surface area (TPSA) is 67.1 Å². The lowest BCUT2D eigenvalue weighted by atomic mass is 10.0. The second-order valence-electron chi connectivity index (χ2n) is 6.07. The Labute approximate surface area is 157 Å². The van der Waals surface area contributed by atoms with Crippen molar-refractivity contribution in [2.45, 2.75) is 13.8 Å². The molecule has 142 valence electrons. The van der Waals surface area contributed by atoms with Crippen molar-refractivity contribution in [3.05, 3.63) is 45.6 Å². The average Bonchev–Trinajstić information content (AvgIpc) is 2.70. The molecule has 27 heavy (non-hydrogen) atoms. The van der Waals surface area contributed by atoms with E-state index in [2.05, 4.69) is 0 Å². The Morgan fingerprint density at radius 2 is 1.37 bits per heavy atom. The highest BCUT2D eigenvalue weighted by Gasteiger charge is 2.21. The largest absolute Gasteiger partial charge is 0.496 e. The number of ether oxygens (including phenoxy) is 4. The number of methoxy groups -OCH3 is 4. The highest BCUT2D eigenvalue weighted by atomic mass is 16.5. The molecule has 0 saturated carbocycles. The summed E-state index contributed by atoms with van der Waals surface area (Å²) in [5, 5.41) is 0.400. The SMILES string of the molecule is COc1ccc(-c2oc3c(C)c(OC)cc(OC)c3c(=O)c2C)cc1OC. The quantitative estimate of drug-likeness (QED) is 0.673. The van der Waals surface area contributed by atoms with Crippen LogP contribution in [0, 0.1) is 13.8 Å². The summed E-state index contributed by atoms with van der Waals surface area (Å²) in [6, 6.07) is 7.08. The van der Waals surface area contributed by atoms with Crippen molar-refractivity contribution < 1.29 is 23.4 Å². The van der Waals surface area contributed by atoms with Gasteiger partial charge in [0.15, 0.2) is 16.9 Å². The molecule has 0 unspecified atom stereocenters. The van der Waals surface area contributed by atoms with Crippen molar-refractivity contribution in [1.82, 2.24) is 0 Å². The minimum absolute atomic E-state index is 0.149. The third-order valence-corrected chi connectivity index (χ3v) is 4.64. The zero-order valence-corrected chi connectivity index (χ0v) is 16.3. The predicted molar refractivity (Wildman–Crippen MR) is 104 cm³/mol. The van der Waals surface area contributed by atoms with Crippen LogP contribution in [-0.4, -0.2) is 28.4 Å². The number of fused-ring (bicyclic) bond motifs is 1. The maximum Gasteiger partial charge on any atom is 0.199 e. The normalized spacial score (nSPS) is 10.7. The molecule has 6 heteroatoms. The summed E-state index contributed by atoms with van der Waals surface area (Å²) in [5.74, 6) is 2.62. The van der Waals surface area contributed by atoms with E-state index in [1.54, 1.807) is 46.5 Å². The summed E-state index contributed by atoms with van der Waals surface area (Å²) in [6.07, 6.45) is 0. The first-order valence-electron chi connectivity index (χ1n) is 8.38. The summed E-state index contributed by atoms with van der Waals surface area (Å²) in [6.45, 7) is 3.58. The molecule has 0 bridgehead atoms. The van der Waals surface area contributed by atoms with Gasteiger partial charge in [-0.15, -0.1) is 0 Å². The number of hydrogen-bond acceptors (Lipinski definition) is 6. The summed E-state index contributed by atoms with van der Waals surface area (Å²) >= 11 is 0. The van der Waals surface area contributed by atoms with E-state index in [0.717, 1.165) is 5.56 Å². The van der Waals surface area contributed by atoms with Crippen molar-refractivity contribution in [2.24, 2.45) is 0 Å². The molecule has 3 aromatic rings. The number of hydrogen-bond donors (Lipinski definition) is 0. The van der Waals surface area contributed by atoms with Crippen LogP contribution in [-0.2, 0) is 0 Å². The second kappa shape index (κ2) is 7.23. The Morgan fingerprint density at radius 3 is 1.96 bits per heavy atom. The first-order valence-corrected chi connectivity index (χ1v) is 8.38. The molecule has 2 aromatic carbocycles. The Morgan fingerprint density at radius 1 is 0.741 bits per heavy atom. The minimum Gasteiger partial charge on any atom is -0.496 e. The van der Waals surface area contributed by atoms with Gasteiger partial charge in [0.2, 0.25) is 0 Å². The average molecular weight is 370 g/mol. The van der Waals surface area contributed by atoms with Crippen molar-refractivity contribution >= 4 is 11.0 Å². The fourth-order valence-electron chi connectivity index (χ4n) is 3.15. The molecule has 0 aliphatic carbocycles. The first kappa shape index (κ1) is 18.6. The smallest absolute Gasteiger partial charge is 0.199 e. The Bertz CT molecular complexity index is 1060. The van der Waals surface area contributed by atoms with Gasteiger partial charge < -0.3 is 23.4 Å². The fraction of sp³-hybridized carbons (Fsp3) is 0.286. The van der Waals surface area contributed by atoms with E-state index in [1.165, 1.54) is 7.11 Å². The van der Waals surface area contributed by atoms with E-state index < -0.39 is 0 Å². The van der Waals surface area contributed by atoms with Crippen LogP contribution < -0.4 is 24.4 Å². The van der Waals surface area contributed by atoms with Crippen LogP contribution in [0.2, 0.25) is 0 Å². The summed E-state index contributed by atoms with van der Waals surface area (Å²) in [4.78, 5) is 13.1. The van der Waals surface area contributed by atoms with Gasteiger partial charge >= 0.3 is 0 Å². The Kier molecular flexibility index (Phi) is 4.99. The third kappa shape index (κ3) is 2.97. The Balaban J connectivity index is 2.37. The van der Waals surface area contributed by atoms with Crippen LogP contribution in [0.15, 0.2) is 33.5 Å². The van der Waals surface area contributed by atoms with E-state index in [1.807, 2.05) is 13.0 Å². The molecule has 6 nitrogen and oxygen atoms in total. The molecule has 0 fully saturated rings. The molecule has 0 spiro atoms.